The number of carbonyl (C=O) groups is 2. The smallest absolute Gasteiger partial charge is 0.447 e. The maximum atomic E-state index is 10.7. The maximum Gasteiger partial charge on any atom is 0.550 e. The van der Waals surface area contributed by atoms with E-state index in [1.54, 1.807) is 13.8 Å². The molecule has 0 bridgehead atoms. The lowest BCUT2D eigenvalue weighted by atomic mass is 10.6. The number of rotatable bonds is 6. The lowest BCUT2D eigenvalue weighted by Crippen LogP contribution is -2.25. The molecule has 0 aromatic rings. The summed E-state index contributed by atoms with van der Waals surface area (Å²) in [6.45, 7) is 4.04. The molecule has 16 heavy (non-hydrogen) atoms. The van der Waals surface area contributed by atoms with Crippen molar-refractivity contribution in [3.05, 3.63) is 0 Å². The minimum Gasteiger partial charge on any atom is -0.447 e. The van der Waals surface area contributed by atoms with Crippen LogP contribution in [0.5, 0.6) is 0 Å². The summed E-state index contributed by atoms with van der Waals surface area (Å²) in [5.74, 6) is 0. The van der Waals surface area contributed by atoms with Crippen LogP contribution in [-0.4, -0.2) is 43.5 Å². The fourth-order valence-corrected chi connectivity index (χ4v) is 0.746. The van der Waals surface area contributed by atoms with Gasteiger partial charge in [0.2, 0.25) is 0 Å². The normalized spacial score (nSPS) is 9.94. The van der Waals surface area contributed by atoms with E-state index in [0.29, 0.717) is 13.2 Å². The third-order valence-electron chi connectivity index (χ3n) is 1.22. The topological polar surface area (TPSA) is 101 Å². The molecular formula is C8H14O8. The number of hydrogen-bond acceptors (Lipinski definition) is 7. The third-order valence-corrected chi connectivity index (χ3v) is 1.22. The van der Waals surface area contributed by atoms with Crippen LogP contribution in [0, 0.1) is 0 Å². The third kappa shape index (κ3) is 7.83. The summed E-state index contributed by atoms with van der Waals surface area (Å²) < 4.78 is 14.6. The van der Waals surface area contributed by atoms with Crippen LogP contribution < -0.4 is 0 Å². The van der Waals surface area contributed by atoms with Crippen LogP contribution in [0.15, 0.2) is 0 Å². The fourth-order valence-electron chi connectivity index (χ4n) is 0.746. The molecule has 0 saturated carbocycles. The highest BCUT2D eigenvalue weighted by molar-refractivity contribution is 5.62. The van der Waals surface area contributed by atoms with Crippen LogP contribution in [0.1, 0.15) is 13.8 Å². The molecule has 1 N–H and O–H groups in total. The summed E-state index contributed by atoms with van der Waals surface area (Å²) in [5.41, 5.74) is 0. The van der Waals surface area contributed by atoms with Gasteiger partial charge in [0, 0.05) is 13.2 Å². The van der Waals surface area contributed by atoms with Crippen LogP contribution in [0.25, 0.3) is 0 Å². The van der Waals surface area contributed by atoms with Crippen molar-refractivity contribution in [2.45, 2.75) is 20.1 Å². The molecule has 0 rings (SSSR count). The van der Waals surface area contributed by atoms with Crippen molar-refractivity contribution in [1.29, 1.82) is 0 Å². The SMILES string of the molecule is CCOC(COC(=O)OOC(=O)O)OCC. The molecule has 0 unspecified atom stereocenters. The molecule has 0 spiro atoms. The van der Waals surface area contributed by atoms with Gasteiger partial charge >= 0.3 is 12.3 Å². The molecule has 0 fully saturated rings. The summed E-state index contributed by atoms with van der Waals surface area (Å²) in [7, 11) is 0. The van der Waals surface area contributed by atoms with Gasteiger partial charge in [-0.3, -0.25) is 0 Å². The number of ether oxygens (including phenoxy) is 3. The lowest BCUT2D eigenvalue weighted by Gasteiger charge is -2.15. The van der Waals surface area contributed by atoms with Crippen molar-refractivity contribution >= 4 is 12.3 Å². The molecule has 0 aliphatic heterocycles. The molecule has 0 radical (unpaired) electrons. The van der Waals surface area contributed by atoms with Gasteiger partial charge in [0.1, 0.15) is 6.61 Å². The van der Waals surface area contributed by atoms with Crippen LogP contribution in [0.2, 0.25) is 0 Å². The highest BCUT2D eigenvalue weighted by Gasteiger charge is 2.14. The van der Waals surface area contributed by atoms with Gasteiger partial charge in [-0.25, -0.2) is 9.68 Å². The second kappa shape index (κ2) is 8.74. The fraction of sp³-hybridized carbons (Fsp3) is 0.750. The maximum absolute atomic E-state index is 10.7. The first kappa shape index (κ1) is 14.5. The van der Waals surface area contributed by atoms with E-state index in [-0.39, 0.29) is 6.61 Å². The standard InChI is InChI=1S/C8H14O8/c1-3-12-6(13-4-2)5-14-8(11)16-15-7(9)10/h6H,3-5H2,1-2H3,(H,9,10). The summed E-state index contributed by atoms with van der Waals surface area (Å²) in [4.78, 5) is 27.8. The van der Waals surface area contributed by atoms with Crippen molar-refractivity contribution in [2.75, 3.05) is 19.8 Å². The molecule has 0 aliphatic rings. The monoisotopic (exact) mass is 238 g/mol. The van der Waals surface area contributed by atoms with Crippen molar-refractivity contribution < 1.29 is 38.7 Å². The highest BCUT2D eigenvalue weighted by Crippen LogP contribution is 1.98. The molecule has 8 heteroatoms. The van der Waals surface area contributed by atoms with Gasteiger partial charge in [0.25, 0.3) is 0 Å². The molecule has 0 aliphatic carbocycles. The summed E-state index contributed by atoms with van der Waals surface area (Å²) in [5, 5.41) is 8.00. The Morgan fingerprint density at radius 2 is 1.69 bits per heavy atom. The zero-order chi connectivity index (χ0) is 12.4. The highest BCUT2D eigenvalue weighted by atomic mass is 17.3. The first-order valence-corrected chi connectivity index (χ1v) is 4.57. The Morgan fingerprint density at radius 1 is 1.12 bits per heavy atom. The van der Waals surface area contributed by atoms with Gasteiger partial charge < -0.3 is 19.3 Å². The van der Waals surface area contributed by atoms with Crippen LogP contribution in [0.4, 0.5) is 9.59 Å². The van der Waals surface area contributed by atoms with E-state index in [2.05, 4.69) is 14.5 Å². The molecule has 0 aromatic heterocycles. The molecule has 94 valence electrons. The zero-order valence-corrected chi connectivity index (χ0v) is 9.00. The van der Waals surface area contributed by atoms with Gasteiger partial charge in [-0.05, 0) is 13.8 Å². The molecule has 8 nitrogen and oxygen atoms in total. The first-order chi connectivity index (χ1) is 7.60. The van der Waals surface area contributed by atoms with E-state index in [1.807, 2.05) is 0 Å². The van der Waals surface area contributed by atoms with Gasteiger partial charge in [-0.15, -0.1) is 0 Å². The Morgan fingerprint density at radius 3 is 2.12 bits per heavy atom. The van der Waals surface area contributed by atoms with Gasteiger partial charge in [-0.2, -0.15) is 9.68 Å². The first-order valence-electron chi connectivity index (χ1n) is 4.57. The quantitative estimate of drug-likeness (QED) is 0.318. The second-order valence-electron chi connectivity index (χ2n) is 2.33. The second-order valence-corrected chi connectivity index (χ2v) is 2.33. The average Bonchev–Trinajstić information content (AvgIpc) is 2.23. The molecule has 0 heterocycles. The lowest BCUT2D eigenvalue weighted by molar-refractivity contribution is -0.223. The molecular weight excluding hydrogens is 224 g/mol. The van der Waals surface area contributed by atoms with Gasteiger partial charge in [0.05, 0.1) is 0 Å². The molecule has 0 amide bonds. The summed E-state index contributed by atoms with van der Waals surface area (Å²) in [6, 6.07) is 0. The van der Waals surface area contributed by atoms with E-state index in [9.17, 15) is 9.59 Å². The summed E-state index contributed by atoms with van der Waals surface area (Å²) in [6.07, 6.45) is -3.75. The van der Waals surface area contributed by atoms with E-state index in [4.69, 9.17) is 14.6 Å². The molecule has 0 atom stereocenters. The molecule has 0 saturated heterocycles. The van der Waals surface area contributed by atoms with Crippen molar-refractivity contribution in [2.24, 2.45) is 0 Å². The Kier molecular flexibility index (Phi) is 7.90. The van der Waals surface area contributed by atoms with Crippen molar-refractivity contribution in [1.82, 2.24) is 0 Å². The zero-order valence-electron chi connectivity index (χ0n) is 9.00. The predicted octanol–water partition coefficient (Wildman–Crippen LogP) is 1.15. The Balaban J connectivity index is 3.72. The Hall–Kier alpha value is -1.54. The minimum absolute atomic E-state index is 0.219. The largest absolute Gasteiger partial charge is 0.550 e. The van der Waals surface area contributed by atoms with E-state index in [1.165, 1.54) is 0 Å². The van der Waals surface area contributed by atoms with Gasteiger partial charge in [-0.1, -0.05) is 0 Å². The number of carbonyl (C=O) groups excluding carboxylic acids is 1. The van der Waals surface area contributed by atoms with Crippen LogP contribution in [-0.2, 0) is 24.0 Å². The van der Waals surface area contributed by atoms with E-state index >= 15 is 0 Å². The van der Waals surface area contributed by atoms with Crippen LogP contribution >= 0.6 is 0 Å². The Labute approximate surface area is 91.9 Å². The summed E-state index contributed by atoms with van der Waals surface area (Å²) >= 11 is 0. The average molecular weight is 238 g/mol. The molecule has 0 aromatic carbocycles. The van der Waals surface area contributed by atoms with Crippen molar-refractivity contribution in [3.63, 3.8) is 0 Å². The Bertz CT molecular complexity index is 210. The predicted molar refractivity (Wildman–Crippen MR) is 48.6 cm³/mol. The van der Waals surface area contributed by atoms with Crippen LogP contribution in [0.3, 0.4) is 0 Å². The number of hydrogen-bond donors (Lipinski definition) is 1. The van der Waals surface area contributed by atoms with E-state index in [0.717, 1.165) is 0 Å². The number of carboxylic acid groups (broad SMARTS) is 1. The minimum atomic E-state index is -1.75. The van der Waals surface area contributed by atoms with E-state index < -0.39 is 18.6 Å². The van der Waals surface area contributed by atoms with Gasteiger partial charge in [0.15, 0.2) is 6.29 Å². The van der Waals surface area contributed by atoms with Crippen molar-refractivity contribution in [3.8, 4) is 0 Å².